The highest BCUT2D eigenvalue weighted by molar-refractivity contribution is 7.08. The van der Waals surface area contributed by atoms with E-state index in [1.54, 1.807) is 29.4 Å². The van der Waals surface area contributed by atoms with Crippen LogP contribution >= 0.6 is 11.3 Å². The van der Waals surface area contributed by atoms with E-state index >= 15 is 0 Å². The van der Waals surface area contributed by atoms with E-state index in [2.05, 4.69) is 9.97 Å². The summed E-state index contributed by atoms with van der Waals surface area (Å²) >= 11 is 1.34. The maximum Gasteiger partial charge on any atom is 0.337 e. The number of aromatic carboxylic acids is 1. The summed E-state index contributed by atoms with van der Waals surface area (Å²) in [5.41, 5.74) is 1.48. The predicted octanol–water partition coefficient (Wildman–Crippen LogP) is 1.90. The summed E-state index contributed by atoms with van der Waals surface area (Å²) in [4.78, 5) is 18.8. The molecule has 2 heterocycles. The quantitative estimate of drug-likeness (QED) is 0.815. The van der Waals surface area contributed by atoms with Crippen LogP contribution in [0.15, 0.2) is 29.4 Å². The van der Waals surface area contributed by atoms with Crippen LogP contribution in [0.2, 0.25) is 0 Å². The molecule has 0 aliphatic heterocycles. The number of carboxylic acid groups (broad SMARTS) is 1. The molecule has 0 bridgehead atoms. The molecule has 5 heteroatoms. The molecule has 0 saturated carbocycles. The molecule has 70 valence electrons. The highest BCUT2D eigenvalue weighted by atomic mass is 32.1. The average Bonchev–Trinajstić information content (AvgIpc) is 2.67. The number of rotatable bonds is 2. The summed E-state index contributed by atoms with van der Waals surface area (Å²) in [6.45, 7) is 0. The fraction of sp³-hybridized carbons (Fsp3) is 0. The van der Waals surface area contributed by atoms with Crippen molar-refractivity contribution in [3.05, 3.63) is 34.9 Å². The van der Waals surface area contributed by atoms with Crippen molar-refractivity contribution < 1.29 is 9.90 Å². The highest BCUT2D eigenvalue weighted by Gasteiger charge is 2.13. The molecule has 0 atom stereocenters. The van der Waals surface area contributed by atoms with Crippen molar-refractivity contribution in [3.8, 4) is 11.3 Å². The SMILES string of the molecule is O=C(O)c1cscc1-c1cnccn1. The Balaban J connectivity index is 2.52. The third-order valence-electron chi connectivity index (χ3n) is 1.73. The molecule has 0 spiro atoms. The van der Waals surface area contributed by atoms with Gasteiger partial charge >= 0.3 is 5.97 Å². The highest BCUT2D eigenvalue weighted by Crippen LogP contribution is 2.24. The van der Waals surface area contributed by atoms with Crippen LogP contribution in [0.4, 0.5) is 0 Å². The van der Waals surface area contributed by atoms with Gasteiger partial charge in [-0.05, 0) is 0 Å². The van der Waals surface area contributed by atoms with E-state index in [0.29, 0.717) is 11.3 Å². The standard InChI is InChI=1S/C9H6N2O2S/c12-9(13)7-5-14-4-6(7)8-3-10-1-2-11-8/h1-5H,(H,12,13). The second-order valence-corrected chi connectivity index (χ2v) is 3.34. The lowest BCUT2D eigenvalue weighted by Gasteiger charge is -1.97. The first-order valence-corrected chi connectivity index (χ1v) is 4.79. The minimum atomic E-state index is -0.938. The van der Waals surface area contributed by atoms with Gasteiger partial charge in [-0.3, -0.25) is 9.97 Å². The third kappa shape index (κ3) is 1.49. The molecule has 0 amide bonds. The second-order valence-electron chi connectivity index (χ2n) is 2.59. The monoisotopic (exact) mass is 206 g/mol. The van der Waals surface area contributed by atoms with E-state index < -0.39 is 5.97 Å². The molecule has 2 aromatic heterocycles. The minimum Gasteiger partial charge on any atom is -0.478 e. The first kappa shape index (κ1) is 8.83. The lowest BCUT2D eigenvalue weighted by molar-refractivity contribution is 0.0698. The van der Waals surface area contributed by atoms with E-state index in [0.717, 1.165) is 0 Å². The number of nitrogens with zero attached hydrogens (tertiary/aromatic N) is 2. The van der Waals surface area contributed by atoms with E-state index in [4.69, 9.17) is 5.11 Å². The van der Waals surface area contributed by atoms with E-state index in [9.17, 15) is 4.79 Å². The summed E-state index contributed by atoms with van der Waals surface area (Å²) in [7, 11) is 0. The zero-order valence-corrected chi connectivity index (χ0v) is 7.86. The molecule has 0 aliphatic rings. The normalized spacial score (nSPS) is 10.0. The zero-order chi connectivity index (χ0) is 9.97. The van der Waals surface area contributed by atoms with Crippen LogP contribution in [0.5, 0.6) is 0 Å². The first-order valence-electron chi connectivity index (χ1n) is 3.85. The smallest absolute Gasteiger partial charge is 0.337 e. The van der Waals surface area contributed by atoms with E-state index in [-0.39, 0.29) is 5.56 Å². The van der Waals surface area contributed by atoms with Crippen LogP contribution in [-0.4, -0.2) is 21.0 Å². The summed E-state index contributed by atoms with van der Waals surface area (Å²) in [6, 6.07) is 0. The van der Waals surface area contributed by atoms with Gasteiger partial charge in [-0.1, -0.05) is 0 Å². The van der Waals surface area contributed by atoms with Crippen LogP contribution < -0.4 is 0 Å². The van der Waals surface area contributed by atoms with Crippen molar-refractivity contribution in [2.75, 3.05) is 0 Å². The summed E-state index contributed by atoms with van der Waals surface area (Å²) in [6.07, 6.45) is 4.64. The van der Waals surface area contributed by atoms with Gasteiger partial charge in [-0.15, -0.1) is 0 Å². The average molecular weight is 206 g/mol. The first-order chi connectivity index (χ1) is 6.79. The molecule has 0 unspecified atom stereocenters. The van der Waals surface area contributed by atoms with Gasteiger partial charge in [0.15, 0.2) is 0 Å². The largest absolute Gasteiger partial charge is 0.478 e. The lowest BCUT2D eigenvalue weighted by atomic mass is 10.1. The van der Waals surface area contributed by atoms with Gasteiger partial charge in [0, 0.05) is 28.7 Å². The van der Waals surface area contributed by atoms with Gasteiger partial charge in [-0.2, -0.15) is 11.3 Å². The van der Waals surface area contributed by atoms with Gasteiger partial charge in [0.1, 0.15) is 0 Å². The molecule has 0 aromatic carbocycles. The van der Waals surface area contributed by atoms with E-state index in [1.165, 1.54) is 11.3 Å². The molecule has 0 aliphatic carbocycles. The molecule has 0 radical (unpaired) electrons. The van der Waals surface area contributed by atoms with Crippen molar-refractivity contribution >= 4 is 17.3 Å². The predicted molar refractivity (Wildman–Crippen MR) is 52.3 cm³/mol. The molecule has 4 nitrogen and oxygen atoms in total. The fourth-order valence-electron chi connectivity index (χ4n) is 1.10. The molecular weight excluding hydrogens is 200 g/mol. The molecular formula is C9H6N2O2S. The Bertz CT molecular complexity index is 453. The van der Waals surface area contributed by atoms with Crippen molar-refractivity contribution in [1.82, 2.24) is 9.97 Å². The van der Waals surface area contributed by atoms with Crippen molar-refractivity contribution in [3.63, 3.8) is 0 Å². The molecule has 0 fully saturated rings. The van der Waals surface area contributed by atoms with Crippen LogP contribution in [0.1, 0.15) is 10.4 Å². The van der Waals surface area contributed by atoms with Crippen LogP contribution in [0.25, 0.3) is 11.3 Å². The fourth-order valence-corrected chi connectivity index (χ4v) is 1.91. The lowest BCUT2D eigenvalue weighted by Crippen LogP contribution is -1.96. The Kier molecular flexibility index (Phi) is 2.24. The van der Waals surface area contributed by atoms with Crippen LogP contribution in [0.3, 0.4) is 0 Å². The maximum atomic E-state index is 10.8. The summed E-state index contributed by atoms with van der Waals surface area (Å²) in [5, 5.41) is 12.2. The molecule has 14 heavy (non-hydrogen) atoms. The molecule has 2 rings (SSSR count). The Morgan fingerprint density at radius 2 is 2.21 bits per heavy atom. The Morgan fingerprint density at radius 3 is 2.86 bits per heavy atom. The van der Waals surface area contributed by atoms with Gasteiger partial charge < -0.3 is 5.11 Å². The Hall–Kier alpha value is -1.75. The second kappa shape index (κ2) is 3.55. The van der Waals surface area contributed by atoms with Crippen LogP contribution in [0, 0.1) is 0 Å². The Labute approximate surface area is 83.9 Å². The number of aromatic nitrogens is 2. The van der Waals surface area contributed by atoms with Crippen molar-refractivity contribution in [1.29, 1.82) is 0 Å². The van der Waals surface area contributed by atoms with Gasteiger partial charge in [0.2, 0.25) is 0 Å². The topological polar surface area (TPSA) is 63.1 Å². The number of hydrogen-bond donors (Lipinski definition) is 1. The Morgan fingerprint density at radius 1 is 1.36 bits per heavy atom. The van der Waals surface area contributed by atoms with Crippen molar-refractivity contribution in [2.24, 2.45) is 0 Å². The molecule has 0 saturated heterocycles. The maximum absolute atomic E-state index is 10.8. The molecule has 1 N–H and O–H groups in total. The summed E-state index contributed by atoms with van der Waals surface area (Å²) in [5.74, 6) is -0.938. The number of thiophene rings is 1. The number of carboxylic acids is 1. The molecule has 2 aromatic rings. The van der Waals surface area contributed by atoms with Crippen molar-refractivity contribution in [2.45, 2.75) is 0 Å². The minimum absolute atomic E-state index is 0.274. The third-order valence-corrected chi connectivity index (χ3v) is 2.48. The van der Waals surface area contributed by atoms with Gasteiger partial charge in [0.05, 0.1) is 17.5 Å². The summed E-state index contributed by atoms with van der Waals surface area (Å²) < 4.78 is 0. The van der Waals surface area contributed by atoms with Crippen LogP contribution in [-0.2, 0) is 0 Å². The number of hydrogen-bond acceptors (Lipinski definition) is 4. The van der Waals surface area contributed by atoms with E-state index in [1.807, 2.05) is 0 Å². The van der Waals surface area contributed by atoms with Gasteiger partial charge in [-0.25, -0.2) is 4.79 Å². The number of carbonyl (C=O) groups is 1. The zero-order valence-electron chi connectivity index (χ0n) is 7.04. The van der Waals surface area contributed by atoms with Gasteiger partial charge in [0.25, 0.3) is 0 Å².